The Labute approximate surface area is 389 Å². The molecule has 3 nitrogen and oxygen atoms in total. The largest absolute Gasteiger partial charge is 0.310 e. The van der Waals surface area contributed by atoms with E-state index in [0.717, 1.165) is 42.7 Å². The first-order valence-electron chi connectivity index (χ1n) is 25.2. The summed E-state index contributed by atoms with van der Waals surface area (Å²) in [4.78, 5) is 27.3. The second-order valence-corrected chi connectivity index (χ2v) is 19.6. The molecular weight excluding hydrogens is 802 g/mol. The number of benzene rings is 5. The zero-order valence-corrected chi connectivity index (χ0v) is 39.9. The molecule has 0 bridgehead atoms. The molecule has 0 atom stereocenters. The molecule has 334 valence electrons. The smallest absolute Gasteiger partial charge is 0.245 e. The van der Waals surface area contributed by atoms with Gasteiger partial charge in [0, 0.05) is 27.9 Å². The summed E-state index contributed by atoms with van der Waals surface area (Å²) in [6.07, 6.45) is 24.5. The summed E-state index contributed by atoms with van der Waals surface area (Å²) in [6.45, 7) is 9.24. The van der Waals surface area contributed by atoms with Crippen molar-refractivity contribution in [1.82, 2.24) is 0 Å². The van der Waals surface area contributed by atoms with Gasteiger partial charge in [0.2, 0.25) is 10.9 Å². The molecule has 0 fully saturated rings. The molecule has 0 amide bonds. The number of fused-ring (bicyclic) bond motifs is 6. The molecule has 0 N–H and O–H groups in total. The van der Waals surface area contributed by atoms with E-state index in [2.05, 4.69) is 130 Å². The second-order valence-electron chi connectivity index (χ2n) is 19.2. The molecule has 0 aromatic heterocycles. The van der Waals surface area contributed by atoms with Crippen molar-refractivity contribution in [3.8, 4) is 33.4 Å². The van der Waals surface area contributed by atoms with Crippen LogP contribution in [0.2, 0.25) is 5.02 Å². The molecule has 0 spiro atoms. The Morgan fingerprint density at radius 3 is 1.17 bits per heavy atom. The minimum Gasteiger partial charge on any atom is -0.310 e. The minimum absolute atomic E-state index is 0.0365. The first-order valence-corrected chi connectivity index (χ1v) is 25.6. The summed E-state index contributed by atoms with van der Waals surface area (Å²) < 4.78 is 0. The fourth-order valence-electron chi connectivity index (χ4n) is 11.8. The van der Waals surface area contributed by atoms with Crippen LogP contribution >= 0.6 is 11.6 Å². The molecule has 0 unspecified atom stereocenters. The van der Waals surface area contributed by atoms with E-state index in [-0.39, 0.29) is 15.9 Å². The number of halogens is 1. The molecular formula is C60H70ClNO2. The highest BCUT2D eigenvalue weighted by Gasteiger charge is 2.44. The maximum absolute atomic E-state index is 12.7. The molecule has 0 saturated heterocycles. The molecule has 64 heavy (non-hydrogen) atoms. The first-order chi connectivity index (χ1) is 31.3. The third kappa shape index (κ3) is 8.59. The van der Waals surface area contributed by atoms with Crippen LogP contribution < -0.4 is 15.8 Å². The monoisotopic (exact) mass is 872 g/mol. The topological polar surface area (TPSA) is 37.4 Å². The van der Waals surface area contributed by atoms with Crippen molar-refractivity contribution in [3.63, 3.8) is 0 Å². The van der Waals surface area contributed by atoms with Crippen LogP contribution in [0.25, 0.3) is 33.4 Å². The van der Waals surface area contributed by atoms with E-state index < -0.39 is 10.9 Å². The van der Waals surface area contributed by atoms with Gasteiger partial charge in [-0.15, -0.1) is 0 Å². The van der Waals surface area contributed by atoms with Gasteiger partial charge in [-0.05, 0) is 112 Å². The lowest BCUT2D eigenvalue weighted by atomic mass is 9.70. The van der Waals surface area contributed by atoms with Crippen LogP contribution in [0.4, 0.5) is 17.1 Å². The van der Waals surface area contributed by atoms with Crippen molar-refractivity contribution < 1.29 is 0 Å². The Morgan fingerprint density at radius 1 is 0.406 bits per heavy atom. The lowest BCUT2D eigenvalue weighted by Crippen LogP contribution is -2.33. The van der Waals surface area contributed by atoms with Gasteiger partial charge in [-0.3, -0.25) is 9.59 Å². The second kappa shape index (κ2) is 20.6. The third-order valence-electron chi connectivity index (χ3n) is 15.1. The standard InChI is InChI=1S/C60H70ClNO2/c1-5-9-13-21-37-59(38-22-14-10-6-2)51-27-19-17-25-47(51)49-35-33-45(41-53(49)59)62(44-31-29-43(30-32-44)55-56(61)58(64)57(55)63)46-34-36-50-48-26-18-20-28-52(48)60(54(50)42-46,39-23-15-11-7-3)40-24-16-12-8-4/h17-20,25-36,41-42H,5-16,21-24,37-40H2,1-4H3. The Kier molecular flexibility index (Phi) is 14.8. The number of rotatable bonds is 24. The van der Waals surface area contributed by atoms with Crippen LogP contribution in [-0.2, 0) is 10.8 Å². The molecule has 2 aliphatic carbocycles. The predicted octanol–water partition coefficient (Wildman–Crippen LogP) is 17.5. The van der Waals surface area contributed by atoms with Crippen LogP contribution in [0.5, 0.6) is 0 Å². The zero-order valence-electron chi connectivity index (χ0n) is 39.2. The lowest BCUT2D eigenvalue weighted by Gasteiger charge is -2.35. The third-order valence-corrected chi connectivity index (χ3v) is 15.5. The Balaban J connectivity index is 1.30. The molecule has 0 heterocycles. The number of hydrogen-bond acceptors (Lipinski definition) is 3. The quantitative estimate of drug-likeness (QED) is 0.0449. The number of nitrogens with zero attached hydrogens (tertiary/aromatic N) is 1. The van der Waals surface area contributed by atoms with Crippen molar-refractivity contribution in [2.45, 2.75) is 167 Å². The van der Waals surface area contributed by atoms with E-state index in [4.69, 9.17) is 11.6 Å². The van der Waals surface area contributed by atoms with Crippen LogP contribution in [0, 0.1) is 0 Å². The number of anilines is 3. The van der Waals surface area contributed by atoms with Gasteiger partial charge in [0.15, 0.2) is 0 Å². The van der Waals surface area contributed by atoms with Gasteiger partial charge in [0.25, 0.3) is 0 Å². The Bertz CT molecular complexity index is 2440. The van der Waals surface area contributed by atoms with E-state index in [1.807, 2.05) is 12.1 Å². The summed E-state index contributed by atoms with van der Waals surface area (Å²) >= 11 is 6.34. The number of unbranched alkanes of at least 4 members (excludes halogenated alkanes) is 12. The summed E-state index contributed by atoms with van der Waals surface area (Å²) in [5, 5.41) is 0.0365. The molecule has 0 saturated carbocycles. The highest BCUT2D eigenvalue weighted by atomic mass is 35.5. The van der Waals surface area contributed by atoms with Gasteiger partial charge in [-0.25, -0.2) is 0 Å². The van der Waals surface area contributed by atoms with Crippen molar-refractivity contribution in [1.29, 1.82) is 0 Å². The fraction of sp³-hybridized carbons (Fsp3) is 0.433. The van der Waals surface area contributed by atoms with Crippen molar-refractivity contribution in [2.24, 2.45) is 0 Å². The van der Waals surface area contributed by atoms with E-state index >= 15 is 0 Å². The van der Waals surface area contributed by atoms with Crippen LogP contribution in [0.15, 0.2) is 119 Å². The van der Waals surface area contributed by atoms with Crippen LogP contribution in [-0.4, -0.2) is 0 Å². The maximum Gasteiger partial charge on any atom is 0.245 e. The van der Waals surface area contributed by atoms with Gasteiger partial charge in [0.05, 0.1) is 5.56 Å². The summed E-state index contributed by atoms with van der Waals surface area (Å²) in [7, 11) is 0. The van der Waals surface area contributed by atoms with Crippen LogP contribution in [0.3, 0.4) is 0 Å². The maximum atomic E-state index is 12.7. The Hall–Kier alpha value is -4.73. The van der Waals surface area contributed by atoms with E-state index in [1.54, 1.807) is 0 Å². The molecule has 0 radical (unpaired) electrons. The predicted molar refractivity (Wildman–Crippen MR) is 274 cm³/mol. The molecule has 4 heteroatoms. The molecule has 8 rings (SSSR count). The fourth-order valence-corrected chi connectivity index (χ4v) is 12.0. The first kappa shape index (κ1) is 45.8. The van der Waals surface area contributed by atoms with Crippen LogP contribution in [0.1, 0.15) is 178 Å². The summed E-state index contributed by atoms with van der Waals surface area (Å²) in [5.41, 5.74) is 14.6. The van der Waals surface area contributed by atoms with Gasteiger partial charge >= 0.3 is 0 Å². The molecule has 6 aromatic rings. The zero-order chi connectivity index (χ0) is 44.7. The van der Waals surface area contributed by atoms with Gasteiger partial charge in [0.1, 0.15) is 5.02 Å². The van der Waals surface area contributed by atoms with Crippen molar-refractivity contribution in [3.05, 3.63) is 157 Å². The normalized spacial score (nSPS) is 14.1. The van der Waals surface area contributed by atoms with E-state index in [1.165, 1.54) is 147 Å². The number of hydrogen-bond donors (Lipinski definition) is 0. The van der Waals surface area contributed by atoms with E-state index in [9.17, 15) is 9.59 Å². The lowest BCUT2D eigenvalue weighted by molar-refractivity contribution is 0.401. The van der Waals surface area contributed by atoms with Crippen molar-refractivity contribution >= 4 is 28.7 Å². The highest BCUT2D eigenvalue weighted by molar-refractivity contribution is 6.34. The molecule has 6 aromatic carbocycles. The van der Waals surface area contributed by atoms with Gasteiger partial charge in [-0.1, -0.05) is 215 Å². The average molecular weight is 873 g/mol. The molecule has 0 aliphatic heterocycles. The average Bonchev–Trinajstić information content (AvgIpc) is 3.76. The van der Waals surface area contributed by atoms with Crippen molar-refractivity contribution in [2.75, 3.05) is 4.90 Å². The SMILES string of the molecule is CCCCCCC1(CCCCCC)c2ccccc2-c2ccc(N(c3ccc(-c4c(Cl)c(=O)c4=O)cc3)c3ccc4c(c3)C(CCCCCC)(CCCCCC)c3ccccc3-4)cc21. The molecule has 2 aliphatic rings. The van der Waals surface area contributed by atoms with Gasteiger partial charge in [-0.2, -0.15) is 0 Å². The van der Waals surface area contributed by atoms with Gasteiger partial charge < -0.3 is 4.90 Å². The van der Waals surface area contributed by atoms with E-state index in [0.29, 0.717) is 11.1 Å². The minimum atomic E-state index is -0.596. The summed E-state index contributed by atoms with van der Waals surface area (Å²) in [5.74, 6) is 0. The Morgan fingerprint density at radius 2 is 0.781 bits per heavy atom. The summed E-state index contributed by atoms with van der Waals surface area (Å²) in [6, 6.07) is 41.2. The highest BCUT2D eigenvalue weighted by Crippen LogP contribution is 2.58.